The van der Waals surface area contributed by atoms with Crippen LogP contribution in [-0.2, 0) is 0 Å². The van der Waals surface area contributed by atoms with Crippen LogP contribution in [0.4, 0.5) is 10.1 Å². The van der Waals surface area contributed by atoms with Gasteiger partial charge in [-0.2, -0.15) is 0 Å². The summed E-state index contributed by atoms with van der Waals surface area (Å²) in [5.41, 5.74) is 6.18. The minimum atomic E-state index is -0.257. The van der Waals surface area contributed by atoms with Gasteiger partial charge in [0.15, 0.2) is 0 Å². The third-order valence-electron chi connectivity index (χ3n) is 1.93. The first-order valence-corrected chi connectivity index (χ1v) is 4.47. The minimum Gasteiger partial charge on any atom is -0.386 e. The van der Waals surface area contributed by atoms with Crippen molar-refractivity contribution < 1.29 is 4.39 Å². The summed E-state index contributed by atoms with van der Waals surface area (Å²) in [6.07, 6.45) is 0. The van der Waals surface area contributed by atoms with E-state index in [0.717, 1.165) is 12.2 Å². The van der Waals surface area contributed by atoms with Gasteiger partial charge in [0.05, 0.1) is 6.54 Å². The van der Waals surface area contributed by atoms with Gasteiger partial charge in [0.2, 0.25) is 0 Å². The maximum atomic E-state index is 12.6. The number of amidine groups is 1. The molecule has 16 heavy (non-hydrogen) atoms. The molecule has 92 valence electrons. The molecule has 0 spiro atoms. The average Bonchev–Trinajstić information content (AvgIpc) is 2.15. The standard InChI is InChI=1S/C10H14FN3.2ClH/c1-2-14(7-10(12)13)9-5-3-8(11)4-6-9;;/h3-6H,2,7H2,1H3,(H3,12,13);2*1H. The van der Waals surface area contributed by atoms with Gasteiger partial charge < -0.3 is 10.6 Å². The number of hydrogen-bond acceptors (Lipinski definition) is 2. The molecule has 0 atom stereocenters. The number of nitrogens with one attached hydrogen (secondary N) is 1. The maximum Gasteiger partial charge on any atom is 0.123 e. The van der Waals surface area contributed by atoms with Gasteiger partial charge in [0, 0.05) is 12.2 Å². The van der Waals surface area contributed by atoms with Crippen molar-refractivity contribution in [1.29, 1.82) is 5.41 Å². The highest BCUT2D eigenvalue weighted by atomic mass is 35.5. The number of nitrogens with zero attached hydrogens (tertiary/aromatic N) is 1. The monoisotopic (exact) mass is 267 g/mol. The smallest absolute Gasteiger partial charge is 0.123 e. The van der Waals surface area contributed by atoms with Crippen molar-refractivity contribution in [2.75, 3.05) is 18.0 Å². The second kappa shape index (κ2) is 8.19. The number of anilines is 1. The summed E-state index contributed by atoms with van der Waals surface area (Å²) in [4.78, 5) is 1.90. The quantitative estimate of drug-likeness (QED) is 0.651. The van der Waals surface area contributed by atoms with E-state index in [1.54, 1.807) is 12.1 Å². The molecule has 0 saturated heterocycles. The Morgan fingerprint density at radius 2 is 1.81 bits per heavy atom. The molecular weight excluding hydrogens is 252 g/mol. The first kappa shape index (κ1) is 17.4. The highest BCUT2D eigenvalue weighted by Gasteiger charge is 2.04. The van der Waals surface area contributed by atoms with Crippen LogP contribution in [0.25, 0.3) is 0 Å². The molecule has 6 heteroatoms. The lowest BCUT2D eigenvalue weighted by molar-refractivity contribution is 0.627. The lowest BCUT2D eigenvalue weighted by Gasteiger charge is -2.22. The first-order chi connectivity index (χ1) is 6.63. The summed E-state index contributed by atoms with van der Waals surface area (Å²) >= 11 is 0. The van der Waals surface area contributed by atoms with Crippen molar-refractivity contribution in [2.24, 2.45) is 5.73 Å². The molecule has 0 aromatic heterocycles. The third kappa shape index (κ3) is 5.19. The van der Waals surface area contributed by atoms with Crippen molar-refractivity contribution in [3.05, 3.63) is 30.1 Å². The SMILES string of the molecule is CCN(CC(=N)N)c1ccc(F)cc1.Cl.Cl. The van der Waals surface area contributed by atoms with Crippen LogP contribution in [0, 0.1) is 11.2 Å². The van der Waals surface area contributed by atoms with Gasteiger partial charge >= 0.3 is 0 Å². The Balaban J connectivity index is 0. The van der Waals surface area contributed by atoms with E-state index in [-0.39, 0.29) is 36.5 Å². The molecule has 1 aromatic rings. The summed E-state index contributed by atoms with van der Waals surface area (Å²) in [6.45, 7) is 3.08. The van der Waals surface area contributed by atoms with Crippen molar-refractivity contribution in [1.82, 2.24) is 0 Å². The van der Waals surface area contributed by atoms with Crippen molar-refractivity contribution >= 4 is 36.3 Å². The third-order valence-corrected chi connectivity index (χ3v) is 1.93. The van der Waals surface area contributed by atoms with E-state index in [4.69, 9.17) is 11.1 Å². The number of halogens is 3. The van der Waals surface area contributed by atoms with Crippen molar-refractivity contribution in [2.45, 2.75) is 6.92 Å². The van der Waals surface area contributed by atoms with Crippen LogP contribution in [0.5, 0.6) is 0 Å². The van der Waals surface area contributed by atoms with Gasteiger partial charge in [0.1, 0.15) is 11.7 Å². The van der Waals surface area contributed by atoms with Crippen molar-refractivity contribution in [3.63, 3.8) is 0 Å². The lowest BCUT2D eigenvalue weighted by atomic mass is 10.2. The molecule has 0 aliphatic heterocycles. The Hall–Kier alpha value is -1.00. The molecule has 0 fully saturated rings. The largest absolute Gasteiger partial charge is 0.386 e. The van der Waals surface area contributed by atoms with E-state index >= 15 is 0 Å². The zero-order valence-corrected chi connectivity index (χ0v) is 10.6. The number of rotatable bonds is 4. The van der Waals surface area contributed by atoms with Crippen LogP contribution >= 0.6 is 24.8 Å². The Morgan fingerprint density at radius 1 is 1.31 bits per heavy atom. The Morgan fingerprint density at radius 3 is 2.19 bits per heavy atom. The molecule has 3 N–H and O–H groups in total. The van der Waals surface area contributed by atoms with Crippen LogP contribution < -0.4 is 10.6 Å². The molecule has 0 aliphatic carbocycles. The van der Waals surface area contributed by atoms with Crippen LogP contribution in [-0.4, -0.2) is 18.9 Å². The molecule has 0 saturated carbocycles. The zero-order valence-electron chi connectivity index (χ0n) is 8.94. The number of likely N-dealkylation sites (N-methyl/N-ethyl adjacent to an activating group) is 1. The molecule has 1 aromatic carbocycles. The minimum absolute atomic E-state index is 0. The van der Waals surface area contributed by atoms with Gasteiger partial charge in [-0.25, -0.2) is 4.39 Å². The van der Waals surface area contributed by atoms with E-state index in [0.29, 0.717) is 6.54 Å². The molecular formula is C10H16Cl2FN3. The van der Waals surface area contributed by atoms with Gasteiger partial charge in [0.25, 0.3) is 0 Å². The molecule has 0 unspecified atom stereocenters. The Kier molecular flexibility index (Phi) is 8.90. The lowest BCUT2D eigenvalue weighted by Crippen LogP contribution is -2.33. The van der Waals surface area contributed by atoms with Crippen LogP contribution in [0.3, 0.4) is 0 Å². The topological polar surface area (TPSA) is 53.1 Å². The number of nitrogens with two attached hydrogens (primary N) is 1. The number of hydrogen-bond donors (Lipinski definition) is 2. The molecule has 0 amide bonds. The number of benzene rings is 1. The van der Waals surface area contributed by atoms with E-state index in [9.17, 15) is 4.39 Å². The van der Waals surface area contributed by atoms with E-state index < -0.39 is 0 Å². The molecule has 1 rings (SSSR count). The second-order valence-corrected chi connectivity index (χ2v) is 3.02. The van der Waals surface area contributed by atoms with Crippen LogP contribution in [0.1, 0.15) is 6.92 Å². The predicted molar refractivity (Wildman–Crippen MR) is 70.7 cm³/mol. The highest BCUT2D eigenvalue weighted by molar-refractivity contribution is 5.85. The fourth-order valence-electron chi connectivity index (χ4n) is 1.24. The fourth-order valence-corrected chi connectivity index (χ4v) is 1.24. The van der Waals surface area contributed by atoms with Gasteiger partial charge in [-0.05, 0) is 31.2 Å². The molecule has 0 aliphatic rings. The van der Waals surface area contributed by atoms with Crippen LogP contribution in [0.15, 0.2) is 24.3 Å². The van der Waals surface area contributed by atoms with Gasteiger partial charge in [-0.1, -0.05) is 0 Å². The van der Waals surface area contributed by atoms with E-state index in [2.05, 4.69) is 0 Å². The Bertz CT molecular complexity index is 316. The summed E-state index contributed by atoms with van der Waals surface area (Å²) in [5.74, 6) is -0.149. The Labute approximate surface area is 107 Å². The summed E-state index contributed by atoms with van der Waals surface area (Å²) in [5, 5.41) is 7.18. The predicted octanol–water partition coefficient (Wildman–Crippen LogP) is 2.43. The molecule has 0 radical (unpaired) electrons. The molecule has 3 nitrogen and oxygen atoms in total. The fraction of sp³-hybridized carbons (Fsp3) is 0.300. The van der Waals surface area contributed by atoms with E-state index in [1.165, 1.54) is 12.1 Å². The summed E-state index contributed by atoms with van der Waals surface area (Å²) in [6, 6.07) is 6.17. The van der Waals surface area contributed by atoms with Crippen LogP contribution in [0.2, 0.25) is 0 Å². The van der Waals surface area contributed by atoms with Gasteiger partial charge in [-0.3, -0.25) is 5.41 Å². The second-order valence-electron chi connectivity index (χ2n) is 3.02. The normalized spacial score (nSPS) is 8.62. The summed E-state index contributed by atoms with van der Waals surface area (Å²) in [7, 11) is 0. The molecule has 0 heterocycles. The average molecular weight is 268 g/mol. The summed E-state index contributed by atoms with van der Waals surface area (Å²) < 4.78 is 12.6. The van der Waals surface area contributed by atoms with Gasteiger partial charge in [-0.15, -0.1) is 24.8 Å². The highest BCUT2D eigenvalue weighted by Crippen LogP contribution is 2.13. The van der Waals surface area contributed by atoms with E-state index in [1.807, 2.05) is 11.8 Å². The molecule has 0 bridgehead atoms. The maximum absolute atomic E-state index is 12.6. The van der Waals surface area contributed by atoms with Crippen molar-refractivity contribution in [3.8, 4) is 0 Å². The first-order valence-electron chi connectivity index (χ1n) is 4.47. The zero-order chi connectivity index (χ0) is 10.6.